The third kappa shape index (κ3) is 2.70. The number of thiazole rings is 1. The number of hydrogen-bond donors (Lipinski definition) is 0. The second kappa shape index (κ2) is 5.78. The van der Waals surface area contributed by atoms with Gasteiger partial charge in [0.15, 0.2) is 11.0 Å². The Morgan fingerprint density at radius 2 is 2.33 bits per heavy atom. The van der Waals surface area contributed by atoms with Crippen LogP contribution in [0.4, 0.5) is 0 Å². The van der Waals surface area contributed by atoms with E-state index in [1.165, 1.54) is 0 Å². The fourth-order valence-electron chi connectivity index (χ4n) is 2.17. The van der Waals surface area contributed by atoms with Crippen LogP contribution in [0.3, 0.4) is 0 Å². The summed E-state index contributed by atoms with van der Waals surface area (Å²) in [4.78, 5) is 8.46. The van der Waals surface area contributed by atoms with Gasteiger partial charge in [0.2, 0.25) is 0 Å². The first-order valence-electron chi connectivity index (χ1n) is 6.43. The van der Waals surface area contributed by atoms with Crippen molar-refractivity contribution in [1.82, 2.24) is 24.7 Å². The summed E-state index contributed by atoms with van der Waals surface area (Å²) < 4.78 is 3.32. The van der Waals surface area contributed by atoms with Crippen molar-refractivity contribution in [2.24, 2.45) is 0 Å². The van der Waals surface area contributed by atoms with E-state index in [4.69, 9.17) is 0 Å². The van der Waals surface area contributed by atoms with Crippen molar-refractivity contribution in [1.29, 1.82) is 0 Å². The zero-order chi connectivity index (χ0) is 14.1. The highest BCUT2D eigenvalue weighted by Crippen LogP contribution is 2.37. The smallest absolute Gasteiger partial charge is 0.191 e. The van der Waals surface area contributed by atoms with E-state index in [1.807, 2.05) is 41.7 Å². The molecule has 0 fully saturated rings. The molecule has 0 aliphatic carbocycles. The molecule has 0 saturated heterocycles. The molecule has 4 heterocycles. The molecule has 1 aliphatic heterocycles. The molecule has 3 aromatic rings. The molecular formula is C13H11N5S3. The van der Waals surface area contributed by atoms with Gasteiger partial charge < -0.3 is 4.57 Å². The van der Waals surface area contributed by atoms with Crippen molar-refractivity contribution in [2.45, 2.75) is 21.3 Å². The second-order valence-electron chi connectivity index (χ2n) is 4.51. The van der Waals surface area contributed by atoms with Crippen molar-refractivity contribution in [3.8, 4) is 11.4 Å². The molecule has 0 N–H and O–H groups in total. The van der Waals surface area contributed by atoms with Crippen LogP contribution in [0, 0.1) is 0 Å². The Hall–Kier alpha value is -1.38. The number of thioether (sulfide) groups is 2. The van der Waals surface area contributed by atoms with E-state index in [-0.39, 0.29) is 0 Å². The van der Waals surface area contributed by atoms with Gasteiger partial charge in [-0.15, -0.1) is 21.5 Å². The first-order chi connectivity index (χ1) is 10.4. The maximum atomic E-state index is 4.31. The number of pyridine rings is 1. The maximum Gasteiger partial charge on any atom is 0.191 e. The zero-order valence-electron chi connectivity index (χ0n) is 10.9. The average molecular weight is 333 g/mol. The topological polar surface area (TPSA) is 56.5 Å². The summed E-state index contributed by atoms with van der Waals surface area (Å²) >= 11 is 5.30. The van der Waals surface area contributed by atoms with Crippen molar-refractivity contribution in [3.05, 3.63) is 36.1 Å². The standard InChI is InChI=1S/C13H11N5S3/c1-2-9(6-14-3-1)11-16-17-12-18(11)7-10(21-12)8-20-13-15-4-5-19-13/h1-6,10H,7-8H2. The van der Waals surface area contributed by atoms with E-state index >= 15 is 0 Å². The van der Waals surface area contributed by atoms with Gasteiger partial charge in [0, 0.05) is 47.1 Å². The van der Waals surface area contributed by atoms with Crippen LogP contribution >= 0.6 is 34.9 Å². The molecule has 0 radical (unpaired) electrons. The molecule has 106 valence electrons. The summed E-state index contributed by atoms with van der Waals surface area (Å²) in [5.74, 6) is 1.95. The molecule has 0 aromatic carbocycles. The largest absolute Gasteiger partial charge is 0.301 e. The van der Waals surface area contributed by atoms with Gasteiger partial charge in [-0.3, -0.25) is 4.98 Å². The fraction of sp³-hybridized carbons (Fsp3) is 0.231. The lowest BCUT2D eigenvalue weighted by atomic mass is 10.2. The van der Waals surface area contributed by atoms with E-state index in [0.717, 1.165) is 33.2 Å². The third-order valence-electron chi connectivity index (χ3n) is 3.10. The Balaban J connectivity index is 1.48. The Morgan fingerprint density at radius 3 is 3.14 bits per heavy atom. The molecule has 21 heavy (non-hydrogen) atoms. The quantitative estimate of drug-likeness (QED) is 0.684. The lowest BCUT2D eigenvalue weighted by molar-refractivity contribution is 0.678. The minimum Gasteiger partial charge on any atom is -0.301 e. The predicted molar refractivity (Wildman–Crippen MR) is 85.7 cm³/mol. The highest BCUT2D eigenvalue weighted by molar-refractivity contribution is 8.04. The van der Waals surface area contributed by atoms with Gasteiger partial charge >= 0.3 is 0 Å². The van der Waals surface area contributed by atoms with E-state index in [2.05, 4.69) is 24.7 Å². The first-order valence-corrected chi connectivity index (χ1v) is 9.17. The molecule has 0 amide bonds. The summed E-state index contributed by atoms with van der Waals surface area (Å²) in [7, 11) is 0. The number of rotatable bonds is 4. The average Bonchev–Trinajstić information content (AvgIpc) is 3.22. The molecule has 0 spiro atoms. The number of fused-ring (bicyclic) bond motifs is 1. The normalized spacial score (nSPS) is 17.0. The van der Waals surface area contributed by atoms with Gasteiger partial charge in [-0.2, -0.15) is 0 Å². The van der Waals surface area contributed by atoms with E-state index < -0.39 is 0 Å². The Morgan fingerprint density at radius 1 is 1.33 bits per heavy atom. The monoisotopic (exact) mass is 333 g/mol. The highest BCUT2D eigenvalue weighted by atomic mass is 32.2. The molecule has 3 aromatic heterocycles. The van der Waals surface area contributed by atoms with Gasteiger partial charge in [-0.05, 0) is 12.1 Å². The van der Waals surface area contributed by atoms with Crippen molar-refractivity contribution in [2.75, 3.05) is 5.75 Å². The van der Waals surface area contributed by atoms with Crippen LogP contribution in [0.15, 0.2) is 45.6 Å². The summed E-state index contributed by atoms with van der Waals surface area (Å²) in [5.41, 5.74) is 1.02. The number of aromatic nitrogens is 5. The van der Waals surface area contributed by atoms with Crippen molar-refractivity contribution >= 4 is 34.9 Å². The SMILES string of the molecule is c1cncc(-c2nnc3n2CC(CSc2nccs2)S3)c1. The van der Waals surface area contributed by atoms with Crippen LogP contribution in [0.1, 0.15) is 0 Å². The molecule has 5 nitrogen and oxygen atoms in total. The molecule has 1 atom stereocenters. The van der Waals surface area contributed by atoms with E-state index in [1.54, 1.807) is 29.3 Å². The predicted octanol–water partition coefficient (Wildman–Crippen LogP) is 3.06. The fourth-order valence-corrected chi connectivity index (χ4v) is 5.12. The Bertz CT molecular complexity index is 726. The van der Waals surface area contributed by atoms with Gasteiger partial charge in [0.05, 0.1) is 0 Å². The van der Waals surface area contributed by atoms with Crippen LogP contribution in [-0.4, -0.2) is 35.7 Å². The zero-order valence-corrected chi connectivity index (χ0v) is 13.4. The summed E-state index contributed by atoms with van der Waals surface area (Å²) in [6.45, 7) is 0.940. The lowest BCUT2D eigenvalue weighted by Crippen LogP contribution is -2.09. The molecule has 8 heteroatoms. The number of hydrogen-bond acceptors (Lipinski definition) is 7. The van der Waals surface area contributed by atoms with Gasteiger partial charge in [0.25, 0.3) is 0 Å². The van der Waals surface area contributed by atoms with Crippen LogP contribution < -0.4 is 0 Å². The second-order valence-corrected chi connectivity index (χ2v) is 7.94. The summed E-state index contributed by atoms with van der Waals surface area (Å²) in [6.07, 6.45) is 5.46. The third-order valence-corrected chi connectivity index (χ3v) is 6.60. The number of nitrogens with zero attached hydrogens (tertiary/aromatic N) is 5. The summed E-state index contributed by atoms with van der Waals surface area (Å²) in [6, 6.07) is 3.95. The van der Waals surface area contributed by atoms with Crippen molar-refractivity contribution in [3.63, 3.8) is 0 Å². The van der Waals surface area contributed by atoms with Crippen LogP contribution in [0.2, 0.25) is 0 Å². The molecular weight excluding hydrogens is 322 g/mol. The van der Waals surface area contributed by atoms with Crippen LogP contribution in [-0.2, 0) is 6.54 Å². The van der Waals surface area contributed by atoms with Gasteiger partial charge in [-0.25, -0.2) is 4.98 Å². The van der Waals surface area contributed by atoms with E-state index in [9.17, 15) is 0 Å². The Kier molecular flexibility index (Phi) is 3.66. The molecule has 0 bridgehead atoms. The highest BCUT2D eigenvalue weighted by Gasteiger charge is 2.27. The lowest BCUT2D eigenvalue weighted by Gasteiger charge is -2.07. The first kappa shape index (κ1) is 13.3. The molecule has 0 saturated carbocycles. The maximum absolute atomic E-state index is 4.31. The Labute approximate surface area is 134 Å². The molecule has 4 rings (SSSR count). The van der Waals surface area contributed by atoms with Gasteiger partial charge in [-0.1, -0.05) is 23.5 Å². The van der Waals surface area contributed by atoms with Crippen LogP contribution in [0.5, 0.6) is 0 Å². The van der Waals surface area contributed by atoms with Crippen LogP contribution in [0.25, 0.3) is 11.4 Å². The van der Waals surface area contributed by atoms with Crippen molar-refractivity contribution < 1.29 is 0 Å². The van der Waals surface area contributed by atoms with Gasteiger partial charge in [0.1, 0.15) is 4.34 Å². The minimum absolute atomic E-state index is 0.514. The minimum atomic E-state index is 0.514. The van der Waals surface area contributed by atoms with E-state index in [0.29, 0.717) is 5.25 Å². The molecule has 1 unspecified atom stereocenters. The summed E-state index contributed by atoms with van der Waals surface area (Å²) in [5, 5.41) is 12.1. The molecule has 1 aliphatic rings.